The molecule has 24 heavy (non-hydrogen) atoms. The van der Waals surface area contributed by atoms with Gasteiger partial charge < -0.3 is 20.7 Å². The second-order valence-corrected chi connectivity index (χ2v) is 8.03. The van der Waals surface area contributed by atoms with Crippen molar-refractivity contribution in [2.24, 2.45) is 5.73 Å². The first kappa shape index (κ1) is 22.7. The van der Waals surface area contributed by atoms with E-state index in [2.05, 4.69) is 45.2 Å². The quantitative estimate of drug-likeness (QED) is 0.271. The summed E-state index contributed by atoms with van der Waals surface area (Å²) in [6, 6.07) is 7.70. The third-order valence-corrected chi connectivity index (χ3v) is 6.93. The predicted octanol–water partition coefficient (Wildman–Crippen LogP) is 0.325. The fourth-order valence-corrected chi connectivity index (χ4v) is 4.05. The van der Waals surface area contributed by atoms with Gasteiger partial charge in [-0.25, -0.2) is 0 Å². The zero-order valence-corrected chi connectivity index (χ0v) is 21.0. The molecule has 0 radical (unpaired) electrons. The summed E-state index contributed by atoms with van der Waals surface area (Å²) in [6.45, 7) is 0. The first-order chi connectivity index (χ1) is 10.8. The Morgan fingerprint density at radius 2 is 1.79 bits per heavy atom. The van der Waals surface area contributed by atoms with E-state index >= 15 is 0 Å². The molecule has 2 aromatic carbocycles. The molecule has 9 heteroatoms. The summed E-state index contributed by atoms with van der Waals surface area (Å²) < 4.78 is 8.02. The van der Waals surface area contributed by atoms with Crippen LogP contribution in [0.4, 0.5) is 0 Å². The maximum atomic E-state index is 11.7. The van der Waals surface area contributed by atoms with Gasteiger partial charge in [-0.1, -0.05) is 23.9 Å². The van der Waals surface area contributed by atoms with Crippen LogP contribution >= 0.6 is 67.8 Å². The van der Waals surface area contributed by atoms with Gasteiger partial charge in [0, 0.05) is 3.57 Å². The molecule has 5 nitrogen and oxygen atoms in total. The van der Waals surface area contributed by atoms with Crippen molar-refractivity contribution in [3.63, 3.8) is 0 Å². The molecule has 0 unspecified atom stereocenters. The average molecular weight is 673 g/mol. The van der Waals surface area contributed by atoms with Crippen molar-refractivity contribution in [1.29, 1.82) is 0 Å². The van der Waals surface area contributed by atoms with E-state index in [0.29, 0.717) is 15.1 Å². The Kier molecular flexibility index (Phi) is 9.57. The number of aliphatic carboxylic acids is 1. The fourth-order valence-electron chi connectivity index (χ4n) is 1.80. The molecule has 0 saturated carbocycles. The minimum atomic E-state index is -1.03. The molecule has 122 valence electrons. The monoisotopic (exact) mass is 673 g/mol. The van der Waals surface area contributed by atoms with Gasteiger partial charge in [-0.2, -0.15) is 0 Å². The molecule has 0 bridgehead atoms. The van der Waals surface area contributed by atoms with E-state index in [9.17, 15) is 9.90 Å². The van der Waals surface area contributed by atoms with Gasteiger partial charge in [-0.05, 0) is 91.9 Å². The molecule has 2 rings (SSSR count). The number of ether oxygens (including phenoxy) is 1. The Balaban J connectivity index is 0.00000288. The summed E-state index contributed by atoms with van der Waals surface area (Å²) in [5.74, 6) is 0.208. The van der Waals surface area contributed by atoms with E-state index in [4.69, 9.17) is 15.6 Å². The van der Waals surface area contributed by atoms with Gasteiger partial charge in [0.15, 0.2) is 5.75 Å². The van der Waals surface area contributed by atoms with Crippen molar-refractivity contribution in [2.45, 2.75) is 12.5 Å². The normalized spacial score (nSPS) is 11.5. The number of carboxylic acid groups (broad SMARTS) is 1. The Hall–Kier alpha value is 0.660. The van der Waals surface area contributed by atoms with Gasteiger partial charge >= 0.3 is 35.5 Å². The Bertz CT molecular complexity index is 740. The van der Waals surface area contributed by atoms with E-state index in [1.165, 1.54) is 0 Å². The van der Waals surface area contributed by atoms with Gasteiger partial charge in [0.25, 0.3) is 0 Å². The molecule has 0 aromatic heterocycles. The van der Waals surface area contributed by atoms with Crippen molar-refractivity contribution >= 4 is 73.7 Å². The molecule has 3 N–H and O–H groups in total. The zero-order chi connectivity index (χ0) is 17.1. The number of hydrogen-bond donors (Lipinski definition) is 2. The molecule has 0 saturated heterocycles. The number of carboxylic acids is 1. The predicted molar refractivity (Wildman–Crippen MR) is 110 cm³/mol. The molecular formula is C15H11I3NNaO4. The van der Waals surface area contributed by atoms with Crippen LogP contribution in [0.15, 0.2) is 30.3 Å². The van der Waals surface area contributed by atoms with Crippen LogP contribution in [-0.2, 0) is 11.2 Å². The van der Waals surface area contributed by atoms with Crippen LogP contribution in [0.1, 0.15) is 5.56 Å². The molecule has 0 fully saturated rings. The minimum absolute atomic E-state index is 0. The zero-order valence-electron chi connectivity index (χ0n) is 12.6. The molecule has 0 aliphatic rings. The van der Waals surface area contributed by atoms with Gasteiger partial charge in [0.05, 0.1) is 7.14 Å². The first-order valence-corrected chi connectivity index (χ1v) is 9.63. The van der Waals surface area contributed by atoms with E-state index in [-0.39, 0.29) is 41.7 Å². The maximum absolute atomic E-state index is 11.7. The smallest absolute Gasteiger partial charge is 0.872 e. The molecule has 1 atom stereocenters. The molecule has 0 heterocycles. The summed E-state index contributed by atoms with van der Waals surface area (Å²) in [5, 5.41) is 20.6. The van der Waals surface area contributed by atoms with Crippen LogP contribution in [-0.4, -0.2) is 17.1 Å². The van der Waals surface area contributed by atoms with Crippen LogP contribution in [0.5, 0.6) is 17.2 Å². The van der Waals surface area contributed by atoms with Crippen molar-refractivity contribution in [1.82, 2.24) is 0 Å². The third kappa shape index (κ3) is 5.84. The summed E-state index contributed by atoms with van der Waals surface area (Å²) in [4.78, 5) is 10.8. The van der Waals surface area contributed by atoms with Crippen molar-refractivity contribution in [3.8, 4) is 17.2 Å². The topological polar surface area (TPSA) is 95.6 Å². The van der Waals surface area contributed by atoms with Gasteiger partial charge in [-0.15, -0.1) is 0 Å². The standard InChI is InChI=1S/C15H12I3NO4.Na/c16-9-6-11(20)12(17)13(18)14(9)23-8-3-1-7(2-4-8)5-10(19)15(21)22;/h1-4,6,10,20H,5,19H2,(H,21,22);/q;+1/p-1/t10-;/m1./s1. The number of nitrogens with two attached hydrogens (primary N) is 1. The molecule has 0 aliphatic heterocycles. The van der Waals surface area contributed by atoms with Crippen LogP contribution in [0, 0.1) is 10.7 Å². The Morgan fingerprint density at radius 3 is 2.33 bits per heavy atom. The molecule has 0 spiro atoms. The first-order valence-electron chi connectivity index (χ1n) is 6.39. The van der Waals surface area contributed by atoms with E-state index in [0.717, 1.165) is 12.7 Å². The number of halogens is 3. The number of hydrogen-bond acceptors (Lipinski definition) is 4. The molecule has 0 aliphatic carbocycles. The summed E-state index contributed by atoms with van der Waals surface area (Å²) >= 11 is 6.17. The molecular weight excluding hydrogens is 662 g/mol. The molecule has 0 amide bonds. The van der Waals surface area contributed by atoms with Crippen molar-refractivity contribution in [3.05, 3.63) is 46.6 Å². The minimum Gasteiger partial charge on any atom is -0.872 e. The van der Waals surface area contributed by atoms with E-state index in [1.807, 2.05) is 22.6 Å². The van der Waals surface area contributed by atoms with Crippen molar-refractivity contribution in [2.75, 3.05) is 0 Å². The van der Waals surface area contributed by atoms with Crippen LogP contribution in [0.2, 0.25) is 0 Å². The Labute approximate surface area is 202 Å². The summed E-state index contributed by atoms with van der Waals surface area (Å²) in [6.07, 6.45) is 0.257. The Morgan fingerprint density at radius 1 is 1.21 bits per heavy atom. The van der Waals surface area contributed by atoms with E-state index in [1.54, 1.807) is 30.3 Å². The number of benzene rings is 2. The second-order valence-electron chi connectivity index (χ2n) is 4.71. The van der Waals surface area contributed by atoms with Crippen molar-refractivity contribution < 1.29 is 49.3 Å². The summed E-state index contributed by atoms with van der Waals surface area (Å²) in [5.41, 5.74) is 6.34. The largest absolute Gasteiger partial charge is 1.00 e. The average Bonchev–Trinajstić information content (AvgIpc) is 2.51. The second kappa shape index (κ2) is 10.1. The SMILES string of the molecule is N[C@H](Cc1ccc(Oc2c(I)cc([O-])c(I)c2I)cc1)C(=O)O.[Na+]. The van der Waals surface area contributed by atoms with Crippen LogP contribution < -0.4 is 45.1 Å². The van der Waals surface area contributed by atoms with Gasteiger partial charge in [-0.3, -0.25) is 4.79 Å². The van der Waals surface area contributed by atoms with Crippen LogP contribution in [0.25, 0.3) is 0 Å². The van der Waals surface area contributed by atoms with Gasteiger partial charge in [0.2, 0.25) is 0 Å². The summed E-state index contributed by atoms with van der Waals surface area (Å²) in [7, 11) is 0. The number of rotatable bonds is 5. The maximum Gasteiger partial charge on any atom is 1.00 e. The molecule has 2 aromatic rings. The third-order valence-electron chi connectivity index (χ3n) is 3.00. The van der Waals surface area contributed by atoms with E-state index < -0.39 is 12.0 Å². The van der Waals surface area contributed by atoms with Gasteiger partial charge in [0.1, 0.15) is 11.8 Å². The fraction of sp³-hybridized carbons (Fsp3) is 0.133. The van der Waals surface area contributed by atoms with Crippen LogP contribution in [0.3, 0.4) is 0 Å². The number of carbonyl (C=O) groups is 1.